The Kier molecular flexibility index (Phi) is 5.15. The summed E-state index contributed by atoms with van der Waals surface area (Å²) in [7, 11) is 0. The van der Waals surface area contributed by atoms with Crippen molar-refractivity contribution in [2.24, 2.45) is 0 Å². The van der Waals surface area contributed by atoms with Gasteiger partial charge in [-0.3, -0.25) is 4.79 Å². The van der Waals surface area contributed by atoms with Gasteiger partial charge in [-0.15, -0.1) is 11.3 Å². The van der Waals surface area contributed by atoms with E-state index in [1.165, 1.54) is 12.1 Å². The largest absolute Gasteiger partial charge is 0.340 e. The number of nitrogens with zero attached hydrogens (tertiary/aromatic N) is 3. The summed E-state index contributed by atoms with van der Waals surface area (Å²) >= 11 is 1.54. The maximum absolute atomic E-state index is 13.4. The Bertz CT molecular complexity index is 1150. The number of halogens is 1. The first kappa shape index (κ1) is 19.3. The smallest absolute Gasteiger partial charge is 0.253 e. The molecule has 0 aliphatic rings. The van der Waals surface area contributed by atoms with E-state index in [0.29, 0.717) is 11.3 Å². The zero-order valence-corrected chi connectivity index (χ0v) is 17.2. The third kappa shape index (κ3) is 3.78. The highest BCUT2D eigenvalue weighted by molar-refractivity contribution is 7.10. The zero-order valence-electron chi connectivity index (χ0n) is 16.4. The molecule has 0 aliphatic carbocycles. The van der Waals surface area contributed by atoms with E-state index in [4.69, 9.17) is 0 Å². The van der Waals surface area contributed by atoms with E-state index >= 15 is 0 Å². The number of carbonyl (C=O) groups is 1. The first-order valence-corrected chi connectivity index (χ1v) is 10.3. The van der Waals surface area contributed by atoms with Crippen LogP contribution in [0, 0.1) is 12.7 Å². The predicted octanol–water partition coefficient (Wildman–Crippen LogP) is 5.04. The summed E-state index contributed by atoms with van der Waals surface area (Å²) in [5, 5.41) is 10.2. The molecule has 0 saturated carbocycles. The second-order valence-electron chi connectivity index (χ2n) is 7.19. The first-order chi connectivity index (χ1) is 13.9. The Morgan fingerprint density at radius 2 is 1.97 bits per heavy atom. The molecule has 4 aromatic rings. The van der Waals surface area contributed by atoms with Crippen molar-refractivity contribution in [1.82, 2.24) is 20.1 Å². The minimum absolute atomic E-state index is 0.181. The molecule has 0 aliphatic heterocycles. The molecule has 5 nitrogen and oxygen atoms in total. The van der Waals surface area contributed by atoms with Gasteiger partial charge in [-0.1, -0.05) is 18.2 Å². The van der Waals surface area contributed by atoms with Gasteiger partial charge in [-0.05, 0) is 56.0 Å². The van der Waals surface area contributed by atoms with Gasteiger partial charge in [0.1, 0.15) is 5.82 Å². The lowest BCUT2D eigenvalue weighted by Gasteiger charge is -2.19. The average molecular weight is 409 g/mol. The van der Waals surface area contributed by atoms with Gasteiger partial charge in [0.2, 0.25) is 0 Å². The number of carbonyl (C=O) groups excluding carboxylic acids is 1. The van der Waals surface area contributed by atoms with Crippen LogP contribution in [0.1, 0.15) is 52.4 Å². The van der Waals surface area contributed by atoms with Crippen LogP contribution in [0.15, 0.2) is 54.0 Å². The molecule has 1 N–H and O–H groups in total. The topological polar surface area (TPSA) is 59.8 Å². The highest BCUT2D eigenvalue weighted by Crippen LogP contribution is 2.27. The molecule has 0 radical (unpaired) electrons. The third-order valence-corrected chi connectivity index (χ3v) is 5.74. The van der Waals surface area contributed by atoms with E-state index in [9.17, 15) is 9.18 Å². The SMILES string of the molecule is Cc1nc2c(cnn2C(C)C)cc1C(=O)NC(c1ccc(F)cc1)c1cccs1. The molecule has 3 aromatic heterocycles. The number of hydrogen-bond donors (Lipinski definition) is 1. The van der Waals surface area contributed by atoms with Crippen molar-refractivity contribution in [3.05, 3.63) is 81.6 Å². The van der Waals surface area contributed by atoms with Gasteiger partial charge >= 0.3 is 0 Å². The molecule has 0 bridgehead atoms. The molecule has 3 heterocycles. The second kappa shape index (κ2) is 7.75. The molecule has 148 valence electrons. The standard InChI is InChI=1S/C22H21FN4OS/c1-13(2)27-21-16(12-24-27)11-18(14(3)25-21)22(28)26-20(19-5-4-10-29-19)15-6-8-17(23)9-7-15/h4-13,20H,1-3H3,(H,26,28). The predicted molar refractivity (Wildman–Crippen MR) is 113 cm³/mol. The first-order valence-electron chi connectivity index (χ1n) is 9.38. The Morgan fingerprint density at radius 1 is 1.21 bits per heavy atom. The van der Waals surface area contributed by atoms with Gasteiger partial charge in [0.05, 0.1) is 23.5 Å². The highest BCUT2D eigenvalue weighted by atomic mass is 32.1. The molecule has 4 rings (SSSR count). The second-order valence-corrected chi connectivity index (χ2v) is 8.17. The van der Waals surface area contributed by atoms with Crippen molar-refractivity contribution in [2.75, 3.05) is 0 Å². The third-order valence-electron chi connectivity index (χ3n) is 4.80. The maximum atomic E-state index is 13.4. The summed E-state index contributed by atoms with van der Waals surface area (Å²) in [5.74, 6) is -0.533. The Hall–Kier alpha value is -3.06. The summed E-state index contributed by atoms with van der Waals surface area (Å²) in [6, 6.07) is 11.7. The van der Waals surface area contributed by atoms with Crippen LogP contribution in [0.2, 0.25) is 0 Å². The molecule has 0 spiro atoms. The molecule has 1 unspecified atom stereocenters. The molecular formula is C22H21FN4OS. The number of aromatic nitrogens is 3. The number of hydrogen-bond acceptors (Lipinski definition) is 4. The average Bonchev–Trinajstić information content (AvgIpc) is 3.36. The van der Waals surface area contributed by atoms with Crippen LogP contribution in [0.5, 0.6) is 0 Å². The molecule has 0 fully saturated rings. The number of fused-ring (bicyclic) bond motifs is 1. The molecule has 1 atom stereocenters. The van der Waals surface area contributed by atoms with Gasteiger partial charge < -0.3 is 5.32 Å². The quantitative estimate of drug-likeness (QED) is 0.503. The fourth-order valence-electron chi connectivity index (χ4n) is 3.31. The number of pyridine rings is 1. The summed E-state index contributed by atoms with van der Waals surface area (Å²) in [6.45, 7) is 5.90. The molecule has 0 saturated heterocycles. The molecule has 1 amide bonds. The Morgan fingerprint density at radius 3 is 2.62 bits per heavy atom. The summed E-state index contributed by atoms with van der Waals surface area (Å²) in [5.41, 5.74) is 2.73. The minimum Gasteiger partial charge on any atom is -0.340 e. The monoisotopic (exact) mass is 408 g/mol. The maximum Gasteiger partial charge on any atom is 0.253 e. The number of amides is 1. The minimum atomic E-state index is -0.364. The lowest BCUT2D eigenvalue weighted by atomic mass is 10.0. The van der Waals surface area contributed by atoms with E-state index in [2.05, 4.69) is 15.4 Å². The van der Waals surface area contributed by atoms with Crippen LogP contribution in [-0.4, -0.2) is 20.7 Å². The summed E-state index contributed by atoms with van der Waals surface area (Å²) in [4.78, 5) is 18.7. The van der Waals surface area contributed by atoms with Crippen LogP contribution >= 0.6 is 11.3 Å². The van der Waals surface area contributed by atoms with Crippen molar-refractivity contribution < 1.29 is 9.18 Å². The zero-order chi connectivity index (χ0) is 20.5. The molecular weight excluding hydrogens is 387 g/mol. The van der Waals surface area contributed by atoms with Crippen molar-refractivity contribution in [3.63, 3.8) is 0 Å². The lowest BCUT2D eigenvalue weighted by molar-refractivity contribution is 0.0942. The number of nitrogens with one attached hydrogen (secondary N) is 1. The molecule has 7 heteroatoms. The van der Waals surface area contributed by atoms with E-state index in [1.54, 1.807) is 29.7 Å². The Labute approximate surface area is 172 Å². The molecule has 29 heavy (non-hydrogen) atoms. The van der Waals surface area contributed by atoms with Crippen LogP contribution in [0.4, 0.5) is 4.39 Å². The van der Waals surface area contributed by atoms with Crippen molar-refractivity contribution in [1.29, 1.82) is 0 Å². The van der Waals surface area contributed by atoms with Gasteiger partial charge in [0, 0.05) is 16.3 Å². The van der Waals surface area contributed by atoms with Crippen LogP contribution in [-0.2, 0) is 0 Å². The lowest BCUT2D eigenvalue weighted by Crippen LogP contribution is -2.29. The summed E-state index contributed by atoms with van der Waals surface area (Å²) < 4.78 is 15.2. The number of thiophene rings is 1. The molecule has 1 aromatic carbocycles. The number of rotatable bonds is 5. The normalized spacial score (nSPS) is 12.4. The highest BCUT2D eigenvalue weighted by Gasteiger charge is 2.21. The van der Waals surface area contributed by atoms with Gasteiger partial charge in [-0.2, -0.15) is 5.10 Å². The van der Waals surface area contributed by atoms with E-state index in [1.807, 2.05) is 49.0 Å². The number of benzene rings is 1. The fourth-order valence-corrected chi connectivity index (χ4v) is 4.11. The van der Waals surface area contributed by atoms with Crippen molar-refractivity contribution in [2.45, 2.75) is 32.9 Å². The van der Waals surface area contributed by atoms with Crippen molar-refractivity contribution in [3.8, 4) is 0 Å². The van der Waals surface area contributed by atoms with Gasteiger partial charge in [0.25, 0.3) is 5.91 Å². The summed E-state index contributed by atoms with van der Waals surface area (Å²) in [6.07, 6.45) is 1.73. The van der Waals surface area contributed by atoms with Crippen molar-refractivity contribution >= 4 is 28.3 Å². The number of aryl methyl sites for hydroxylation is 1. The Balaban J connectivity index is 1.69. The van der Waals surface area contributed by atoms with Gasteiger partial charge in [-0.25, -0.2) is 14.1 Å². The van der Waals surface area contributed by atoms with E-state index in [0.717, 1.165) is 21.5 Å². The van der Waals surface area contributed by atoms with Crippen LogP contribution in [0.3, 0.4) is 0 Å². The van der Waals surface area contributed by atoms with Crippen LogP contribution in [0.25, 0.3) is 11.0 Å². The van der Waals surface area contributed by atoms with Crippen LogP contribution < -0.4 is 5.32 Å². The van der Waals surface area contributed by atoms with E-state index < -0.39 is 0 Å². The van der Waals surface area contributed by atoms with Gasteiger partial charge in [0.15, 0.2) is 5.65 Å². The van der Waals surface area contributed by atoms with E-state index in [-0.39, 0.29) is 23.8 Å². The fraction of sp³-hybridized carbons (Fsp3) is 0.227.